The van der Waals surface area contributed by atoms with Crippen LogP contribution in [-0.4, -0.2) is 36.9 Å². The van der Waals surface area contributed by atoms with E-state index >= 15 is 0 Å². The SMILES string of the molecule is COc1ccc(/C=C(/NC(=O)c2ccccc2)C(=O)Nc2cccc(SC(C(=O)Nc3ccncc3)c3ccccc3)c2)c(OC)c1. The van der Waals surface area contributed by atoms with Crippen molar-refractivity contribution in [1.82, 2.24) is 10.3 Å². The van der Waals surface area contributed by atoms with Crippen molar-refractivity contribution in [3.05, 3.63) is 150 Å². The molecule has 0 aliphatic rings. The van der Waals surface area contributed by atoms with Crippen LogP contribution in [0.3, 0.4) is 0 Å². The van der Waals surface area contributed by atoms with Gasteiger partial charge >= 0.3 is 0 Å². The molecule has 0 radical (unpaired) electrons. The quantitative estimate of drug-likeness (QED) is 0.0991. The van der Waals surface area contributed by atoms with E-state index in [-0.39, 0.29) is 11.6 Å². The number of benzene rings is 4. The first kappa shape index (κ1) is 32.5. The number of ether oxygens (including phenoxy) is 2. The Kier molecular flexibility index (Phi) is 11.0. The number of hydrogen-bond acceptors (Lipinski definition) is 7. The van der Waals surface area contributed by atoms with Gasteiger partial charge in [-0.15, -0.1) is 11.8 Å². The lowest BCUT2D eigenvalue weighted by atomic mass is 10.1. The first-order valence-electron chi connectivity index (χ1n) is 14.6. The average molecular weight is 645 g/mol. The molecule has 0 aliphatic heterocycles. The number of rotatable bonds is 12. The van der Waals surface area contributed by atoms with Gasteiger partial charge in [0.05, 0.1) is 14.2 Å². The molecule has 5 aromatic rings. The molecule has 9 nitrogen and oxygen atoms in total. The van der Waals surface area contributed by atoms with Crippen molar-refractivity contribution in [3.63, 3.8) is 0 Å². The van der Waals surface area contributed by atoms with Crippen molar-refractivity contribution in [2.45, 2.75) is 10.1 Å². The van der Waals surface area contributed by atoms with Gasteiger partial charge in [0.15, 0.2) is 0 Å². The monoisotopic (exact) mass is 644 g/mol. The highest BCUT2D eigenvalue weighted by atomic mass is 32.2. The average Bonchev–Trinajstić information content (AvgIpc) is 3.11. The number of amides is 3. The molecule has 1 aromatic heterocycles. The fraction of sp³-hybridized carbons (Fsp3) is 0.0811. The van der Waals surface area contributed by atoms with Gasteiger partial charge in [-0.1, -0.05) is 54.6 Å². The molecule has 0 saturated heterocycles. The number of thioether (sulfide) groups is 1. The van der Waals surface area contributed by atoms with Crippen LogP contribution in [0.15, 0.2) is 138 Å². The lowest BCUT2D eigenvalue weighted by Gasteiger charge is -2.18. The maximum absolute atomic E-state index is 13.7. The summed E-state index contributed by atoms with van der Waals surface area (Å²) < 4.78 is 10.8. The number of carbonyl (C=O) groups excluding carboxylic acids is 3. The van der Waals surface area contributed by atoms with Crippen LogP contribution in [0.2, 0.25) is 0 Å². The first-order chi connectivity index (χ1) is 22.9. The van der Waals surface area contributed by atoms with Crippen LogP contribution in [0.1, 0.15) is 26.7 Å². The Hall–Kier alpha value is -5.87. The third-order valence-electron chi connectivity index (χ3n) is 6.90. The summed E-state index contributed by atoms with van der Waals surface area (Å²) in [6.07, 6.45) is 4.77. The summed E-state index contributed by atoms with van der Waals surface area (Å²) in [5, 5.41) is 8.02. The molecule has 10 heteroatoms. The zero-order chi connectivity index (χ0) is 33.0. The van der Waals surface area contributed by atoms with Crippen molar-refractivity contribution < 1.29 is 23.9 Å². The molecule has 0 aliphatic carbocycles. The topological polar surface area (TPSA) is 119 Å². The normalized spacial score (nSPS) is 11.6. The van der Waals surface area contributed by atoms with Gasteiger partial charge in [0.25, 0.3) is 11.8 Å². The van der Waals surface area contributed by atoms with Crippen molar-refractivity contribution >= 4 is 46.9 Å². The highest BCUT2D eigenvalue weighted by Crippen LogP contribution is 2.37. The number of methoxy groups -OCH3 is 2. The van der Waals surface area contributed by atoms with Crippen LogP contribution in [0.5, 0.6) is 11.5 Å². The summed E-state index contributed by atoms with van der Waals surface area (Å²) in [6.45, 7) is 0. The Balaban J connectivity index is 1.40. The molecule has 47 heavy (non-hydrogen) atoms. The Morgan fingerprint density at radius 1 is 0.745 bits per heavy atom. The molecule has 1 heterocycles. The summed E-state index contributed by atoms with van der Waals surface area (Å²) in [4.78, 5) is 45.1. The molecule has 1 unspecified atom stereocenters. The third kappa shape index (κ3) is 8.86. The predicted molar refractivity (Wildman–Crippen MR) is 184 cm³/mol. The molecule has 5 rings (SSSR count). The Labute approximate surface area is 277 Å². The summed E-state index contributed by atoms with van der Waals surface area (Å²) in [5.41, 5.74) is 2.88. The van der Waals surface area contributed by atoms with Gasteiger partial charge in [-0.2, -0.15) is 0 Å². The molecule has 3 N–H and O–H groups in total. The maximum Gasteiger partial charge on any atom is 0.272 e. The molecular formula is C37H32N4O5S. The van der Waals surface area contributed by atoms with E-state index in [1.807, 2.05) is 36.4 Å². The van der Waals surface area contributed by atoms with Gasteiger partial charge in [0.2, 0.25) is 5.91 Å². The minimum Gasteiger partial charge on any atom is -0.497 e. The number of anilines is 2. The van der Waals surface area contributed by atoms with Crippen LogP contribution >= 0.6 is 11.8 Å². The van der Waals surface area contributed by atoms with Crippen LogP contribution < -0.4 is 25.4 Å². The van der Waals surface area contributed by atoms with Crippen LogP contribution in [0.4, 0.5) is 11.4 Å². The van der Waals surface area contributed by atoms with E-state index in [2.05, 4.69) is 20.9 Å². The van der Waals surface area contributed by atoms with Gasteiger partial charge < -0.3 is 25.4 Å². The van der Waals surface area contributed by atoms with E-state index < -0.39 is 17.1 Å². The Morgan fingerprint density at radius 2 is 1.47 bits per heavy atom. The van der Waals surface area contributed by atoms with Crippen molar-refractivity contribution in [2.24, 2.45) is 0 Å². The van der Waals surface area contributed by atoms with E-state index in [1.165, 1.54) is 18.9 Å². The number of aromatic nitrogens is 1. The zero-order valence-electron chi connectivity index (χ0n) is 25.7. The van der Waals surface area contributed by atoms with Gasteiger partial charge in [-0.3, -0.25) is 19.4 Å². The van der Waals surface area contributed by atoms with Gasteiger partial charge in [0, 0.05) is 45.9 Å². The molecule has 0 bridgehead atoms. The number of pyridine rings is 1. The molecule has 1 atom stereocenters. The predicted octanol–water partition coefficient (Wildman–Crippen LogP) is 6.98. The Morgan fingerprint density at radius 3 is 2.17 bits per heavy atom. The highest BCUT2D eigenvalue weighted by molar-refractivity contribution is 8.00. The molecule has 0 saturated carbocycles. The number of nitrogens with one attached hydrogen (secondary N) is 3. The van der Waals surface area contributed by atoms with E-state index in [0.29, 0.717) is 34.0 Å². The fourth-order valence-corrected chi connectivity index (χ4v) is 5.64. The second-order valence-electron chi connectivity index (χ2n) is 10.1. The third-order valence-corrected chi connectivity index (χ3v) is 8.15. The van der Waals surface area contributed by atoms with Crippen molar-refractivity contribution in [2.75, 3.05) is 24.9 Å². The van der Waals surface area contributed by atoms with Crippen LogP contribution in [0.25, 0.3) is 6.08 Å². The summed E-state index contributed by atoms with van der Waals surface area (Å²) >= 11 is 1.35. The Bertz CT molecular complexity index is 1870. The molecule has 236 valence electrons. The number of nitrogens with zero attached hydrogens (tertiary/aromatic N) is 1. The summed E-state index contributed by atoms with van der Waals surface area (Å²) in [5.74, 6) is -0.168. The second kappa shape index (κ2) is 15.9. The lowest BCUT2D eigenvalue weighted by Crippen LogP contribution is -2.30. The molecule has 0 spiro atoms. The maximum atomic E-state index is 13.7. The first-order valence-corrected chi connectivity index (χ1v) is 15.5. The van der Waals surface area contributed by atoms with Gasteiger partial charge in [-0.05, 0) is 66.2 Å². The highest BCUT2D eigenvalue weighted by Gasteiger charge is 2.23. The number of hydrogen-bond donors (Lipinski definition) is 3. The fourth-order valence-electron chi connectivity index (χ4n) is 4.56. The van der Waals surface area contributed by atoms with Gasteiger partial charge in [-0.25, -0.2) is 0 Å². The standard InChI is InChI=1S/C37H32N4O5S/c1-45-30-17-16-27(33(24-30)46-2)22-32(41-35(42)26-12-7-4-8-13-26)36(43)40-29-14-9-15-31(23-29)47-34(25-10-5-3-6-11-25)37(44)39-28-18-20-38-21-19-28/h3-24,34H,1-2H3,(H,40,43)(H,41,42)(H,38,39,44)/b32-22+. The van der Waals surface area contributed by atoms with Gasteiger partial charge in [0.1, 0.15) is 22.4 Å². The largest absolute Gasteiger partial charge is 0.497 e. The number of carbonyl (C=O) groups is 3. The van der Waals surface area contributed by atoms with E-state index in [9.17, 15) is 14.4 Å². The van der Waals surface area contributed by atoms with Crippen molar-refractivity contribution in [3.8, 4) is 11.5 Å². The van der Waals surface area contributed by atoms with Crippen LogP contribution in [-0.2, 0) is 9.59 Å². The smallest absolute Gasteiger partial charge is 0.272 e. The van der Waals surface area contributed by atoms with E-state index in [1.54, 1.807) is 104 Å². The molecular weight excluding hydrogens is 612 g/mol. The van der Waals surface area contributed by atoms with E-state index in [4.69, 9.17) is 9.47 Å². The van der Waals surface area contributed by atoms with Crippen molar-refractivity contribution in [1.29, 1.82) is 0 Å². The van der Waals surface area contributed by atoms with E-state index in [0.717, 1.165) is 10.5 Å². The minimum atomic E-state index is -0.585. The molecule has 3 amide bonds. The van der Waals surface area contributed by atoms with Crippen LogP contribution in [0, 0.1) is 0 Å². The molecule has 4 aromatic carbocycles. The zero-order valence-corrected chi connectivity index (χ0v) is 26.5. The minimum absolute atomic E-state index is 0.000679. The summed E-state index contributed by atoms with van der Waals surface area (Å²) in [6, 6.07) is 33.9. The lowest BCUT2D eigenvalue weighted by molar-refractivity contribution is -0.116. The second-order valence-corrected chi connectivity index (χ2v) is 11.3. The summed E-state index contributed by atoms with van der Waals surface area (Å²) in [7, 11) is 3.06. The molecule has 0 fully saturated rings.